The predicted octanol–water partition coefficient (Wildman–Crippen LogP) is 5.03. The Bertz CT molecular complexity index is 940. The average molecular weight is 470 g/mol. The van der Waals surface area contributed by atoms with Gasteiger partial charge in [0.2, 0.25) is 0 Å². The van der Waals surface area contributed by atoms with Gasteiger partial charge in [0, 0.05) is 14.8 Å². The summed E-state index contributed by atoms with van der Waals surface area (Å²) in [6.07, 6.45) is 0. The first kappa shape index (κ1) is 19.1. The van der Waals surface area contributed by atoms with E-state index >= 15 is 0 Å². The van der Waals surface area contributed by atoms with Gasteiger partial charge in [-0.15, -0.1) is 0 Å². The van der Waals surface area contributed by atoms with Gasteiger partial charge in [-0.25, -0.2) is 0 Å². The van der Waals surface area contributed by atoms with E-state index in [4.69, 9.17) is 0 Å². The summed E-state index contributed by atoms with van der Waals surface area (Å²) in [6.45, 7) is 1.95. The number of anilines is 1. The number of halogens is 1. The summed E-state index contributed by atoms with van der Waals surface area (Å²) in [4.78, 5) is 24.8. The number of carbonyl (C=O) groups is 2. The zero-order valence-corrected chi connectivity index (χ0v) is 16.9. The van der Waals surface area contributed by atoms with Crippen molar-refractivity contribution in [1.82, 2.24) is 5.32 Å². The van der Waals surface area contributed by atoms with Crippen LogP contribution in [0, 0.1) is 3.57 Å². The molecule has 2 N–H and O–H groups in total. The lowest BCUT2D eigenvalue weighted by atomic mass is 10.1. The van der Waals surface area contributed by atoms with Crippen LogP contribution in [0.3, 0.4) is 0 Å². The zero-order chi connectivity index (χ0) is 19.2. The van der Waals surface area contributed by atoms with Crippen LogP contribution in [0.1, 0.15) is 39.2 Å². The maximum Gasteiger partial charge on any atom is 0.256 e. The molecule has 3 aromatic rings. The third kappa shape index (κ3) is 4.95. The fourth-order valence-corrected chi connectivity index (χ4v) is 3.29. The van der Waals surface area contributed by atoms with E-state index in [9.17, 15) is 9.59 Å². The molecule has 0 aliphatic heterocycles. The van der Waals surface area contributed by atoms with E-state index in [0.717, 1.165) is 9.13 Å². The first-order valence-corrected chi connectivity index (χ1v) is 9.64. The summed E-state index contributed by atoms with van der Waals surface area (Å²) in [5.41, 5.74) is 2.86. The largest absolute Gasteiger partial charge is 0.346 e. The molecule has 0 aromatic heterocycles. The van der Waals surface area contributed by atoms with E-state index in [0.29, 0.717) is 16.8 Å². The quantitative estimate of drug-likeness (QED) is 0.514. The van der Waals surface area contributed by atoms with Crippen LogP contribution in [0.2, 0.25) is 0 Å². The third-order valence-electron chi connectivity index (χ3n) is 4.17. The summed E-state index contributed by atoms with van der Waals surface area (Å²) in [6, 6.07) is 24.0. The highest BCUT2D eigenvalue weighted by atomic mass is 127. The molecule has 0 heterocycles. The van der Waals surface area contributed by atoms with Crippen molar-refractivity contribution in [2.75, 3.05) is 5.32 Å². The van der Waals surface area contributed by atoms with Crippen molar-refractivity contribution in [2.24, 2.45) is 0 Å². The summed E-state index contributed by atoms with van der Waals surface area (Å²) >= 11 is 2.13. The molecular weight excluding hydrogens is 451 g/mol. The van der Waals surface area contributed by atoms with Crippen LogP contribution in [-0.2, 0) is 0 Å². The van der Waals surface area contributed by atoms with E-state index in [1.54, 1.807) is 30.3 Å². The summed E-state index contributed by atoms with van der Waals surface area (Å²) < 4.78 is 0.887. The van der Waals surface area contributed by atoms with Gasteiger partial charge >= 0.3 is 0 Å². The molecule has 2 amide bonds. The SMILES string of the molecule is CC(NC(=O)c1ccc(NC(=O)c2ccccc2I)cc1)c1ccccc1. The number of hydrogen-bond donors (Lipinski definition) is 2. The molecule has 136 valence electrons. The minimum Gasteiger partial charge on any atom is -0.346 e. The molecule has 0 aliphatic rings. The van der Waals surface area contributed by atoms with Crippen molar-refractivity contribution in [1.29, 1.82) is 0 Å². The van der Waals surface area contributed by atoms with E-state index in [1.807, 2.05) is 55.5 Å². The number of amides is 2. The van der Waals surface area contributed by atoms with Gasteiger partial charge in [0.25, 0.3) is 11.8 Å². The lowest BCUT2D eigenvalue weighted by Crippen LogP contribution is -2.26. The molecule has 3 rings (SSSR count). The minimum absolute atomic E-state index is 0.0850. The number of carbonyl (C=O) groups excluding carboxylic acids is 2. The second-order valence-electron chi connectivity index (χ2n) is 6.12. The fourth-order valence-electron chi connectivity index (χ4n) is 2.65. The molecule has 0 saturated heterocycles. The van der Waals surface area contributed by atoms with Gasteiger partial charge in [-0.3, -0.25) is 9.59 Å². The molecule has 0 radical (unpaired) electrons. The number of benzene rings is 3. The van der Waals surface area contributed by atoms with Gasteiger partial charge in [0.05, 0.1) is 11.6 Å². The Labute approximate surface area is 172 Å². The molecule has 3 aromatic carbocycles. The first-order valence-electron chi connectivity index (χ1n) is 8.56. The summed E-state index contributed by atoms with van der Waals surface area (Å²) in [7, 11) is 0. The van der Waals surface area contributed by atoms with Gasteiger partial charge in [0.15, 0.2) is 0 Å². The minimum atomic E-state index is -0.171. The molecule has 4 nitrogen and oxygen atoms in total. The molecule has 5 heteroatoms. The van der Waals surface area contributed by atoms with Crippen molar-refractivity contribution in [3.05, 3.63) is 99.1 Å². The van der Waals surface area contributed by atoms with Gasteiger partial charge in [-0.2, -0.15) is 0 Å². The standard InChI is InChI=1S/C22H19IN2O2/c1-15(16-7-3-2-4-8-16)24-21(26)17-11-13-18(14-12-17)25-22(27)19-9-5-6-10-20(19)23/h2-15H,1H3,(H,24,26)(H,25,27). The number of rotatable bonds is 5. The molecular formula is C22H19IN2O2. The Balaban J connectivity index is 1.64. The Morgan fingerprint density at radius 1 is 0.815 bits per heavy atom. The van der Waals surface area contributed by atoms with Crippen LogP contribution < -0.4 is 10.6 Å². The van der Waals surface area contributed by atoms with Crippen LogP contribution in [0.4, 0.5) is 5.69 Å². The summed E-state index contributed by atoms with van der Waals surface area (Å²) in [5, 5.41) is 5.84. The number of nitrogens with one attached hydrogen (secondary N) is 2. The molecule has 1 atom stereocenters. The van der Waals surface area contributed by atoms with Crippen molar-refractivity contribution >= 4 is 40.1 Å². The first-order chi connectivity index (χ1) is 13.0. The lowest BCUT2D eigenvalue weighted by Gasteiger charge is -2.14. The maximum atomic E-state index is 12.4. The van der Waals surface area contributed by atoms with Gasteiger partial charge in [-0.05, 0) is 71.5 Å². The van der Waals surface area contributed by atoms with E-state index in [2.05, 4.69) is 33.2 Å². The molecule has 1 unspecified atom stereocenters. The highest BCUT2D eigenvalue weighted by Gasteiger charge is 2.12. The topological polar surface area (TPSA) is 58.2 Å². The zero-order valence-electron chi connectivity index (χ0n) is 14.8. The van der Waals surface area contributed by atoms with Gasteiger partial charge < -0.3 is 10.6 Å². The van der Waals surface area contributed by atoms with Crippen molar-refractivity contribution in [3.63, 3.8) is 0 Å². The fraction of sp³-hybridized carbons (Fsp3) is 0.0909. The highest BCUT2D eigenvalue weighted by Crippen LogP contribution is 2.16. The number of hydrogen-bond acceptors (Lipinski definition) is 2. The van der Waals surface area contributed by atoms with E-state index < -0.39 is 0 Å². The Hall–Kier alpha value is -2.67. The smallest absolute Gasteiger partial charge is 0.256 e. The van der Waals surface area contributed by atoms with Gasteiger partial charge in [-0.1, -0.05) is 42.5 Å². The molecule has 0 fully saturated rings. The van der Waals surface area contributed by atoms with Crippen LogP contribution in [0.25, 0.3) is 0 Å². The second kappa shape index (κ2) is 8.81. The van der Waals surface area contributed by atoms with Crippen LogP contribution in [-0.4, -0.2) is 11.8 Å². The Kier molecular flexibility index (Phi) is 6.24. The highest BCUT2D eigenvalue weighted by molar-refractivity contribution is 14.1. The van der Waals surface area contributed by atoms with E-state index in [-0.39, 0.29) is 17.9 Å². The third-order valence-corrected chi connectivity index (χ3v) is 5.11. The van der Waals surface area contributed by atoms with Crippen molar-refractivity contribution in [2.45, 2.75) is 13.0 Å². The normalized spacial score (nSPS) is 11.5. The average Bonchev–Trinajstić information content (AvgIpc) is 2.69. The van der Waals surface area contributed by atoms with Crippen molar-refractivity contribution < 1.29 is 9.59 Å². The summed E-state index contributed by atoms with van der Waals surface area (Å²) in [5.74, 6) is -0.322. The van der Waals surface area contributed by atoms with Crippen molar-refractivity contribution in [3.8, 4) is 0 Å². The van der Waals surface area contributed by atoms with Gasteiger partial charge in [0.1, 0.15) is 0 Å². The van der Waals surface area contributed by atoms with E-state index in [1.165, 1.54) is 0 Å². The molecule has 27 heavy (non-hydrogen) atoms. The molecule has 0 bridgehead atoms. The van der Waals surface area contributed by atoms with Crippen LogP contribution in [0.5, 0.6) is 0 Å². The van der Waals surface area contributed by atoms with Crippen LogP contribution >= 0.6 is 22.6 Å². The Morgan fingerprint density at radius 2 is 1.44 bits per heavy atom. The second-order valence-corrected chi connectivity index (χ2v) is 7.28. The Morgan fingerprint density at radius 3 is 2.11 bits per heavy atom. The molecule has 0 saturated carbocycles. The molecule has 0 aliphatic carbocycles. The maximum absolute atomic E-state index is 12.4. The molecule has 0 spiro atoms. The predicted molar refractivity (Wildman–Crippen MR) is 116 cm³/mol. The van der Waals surface area contributed by atoms with Crippen LogP contribution in [0.15, 0.2) is 78.9 Å². The lowest BCUT2D eigenvalue weighted by molar-refractivity contribution is 0.0939. The monoisotopic (exact) mass is 470 g/mol.